The third kappa shape index (κ3) is 5.53. The standard InChI is InChI=1S/C39H40O7/c1-6-36(40)45-21-19-43-34-17-18-35(28-13-8-7-12-27(28)34)44-20-22-46-37(41)33-24-29-26-11-9-10-14-31(26)39(33,42-5)32-16-15-25(23-30(29)32)38(2,3)4/h6-18,23,29,33H,1,19-22,24H2,2-5H3. The van der Waals surface area contributed by atoms with E-state index in [9.17, 15) is 9.59 Å². The van der Waals surface area contributed by atoms with Crippen molar-refractivity contribution in [2.75, 3.05) is 33.5 Å². The lowest BCUT2D eigenvalue weighted by atomic mass is 9.56. The number of fused-ring (bicyclic) bond motifs is 2. The van der Waals surface area contributed by atoms with Gasteiger partial charge in [-0.3, -0.25) is 4.79 Å². The van der Waals surface area contributed by atoms with Crippen LogP contribution in [-0.4, -0.2) is 45.5 Å². The Bertz CT molecular complexity index is 1790. The van der Waals surface area contributed by atoms with Crippen molar-refractivity contribution in [3.63, 3.8) is 0 Å². The van der Waals surface area contributed by atoms with Crippen LogP contribution in [0, 0.1) is 5.92 Å². The van der Waals surface area contributed by atoms with Crippen molar-refractivity contribution < 1.29 is 33.3 Å². The number of hydrogen-bond donors (Lipinski definition) is 0. The molecule has 4 aromatic carbocycles. The summed E-state index contributed by atoms with van der Waals surface area (Å²) in [5.41, 5.74) is 4.87. The molecule has 3 aliphatic carbocycles. The summed E-state index contributed by atoms with van der Waals surface area (Å²) in [5.74, 6) is 0.113. The summed E-state index contributed by atoms with van der Waals surface area (Å²) in [6.07, 6.45) is 1.73. The number of benzene rings is 4. The molecule has 7 nitrogen and oxygen atoms in total. The van der Waals surface area contributed by atoms with Crippen LogP contribution in [0.1, 0.15) is 60.9 Å². The van der Waals surface area contributed by atoms with Crippen LogP contribution in [0.2, 0.25) is 0 Å². The number of ether oxygens (including phenoxy) is 5. The van der Waals surface area contributed by atoms with Crippen LogP contribution in [0.15, 0.2) is 91.5 Å². The molecular formula is C39H40O7. The second kappa shape index (κ2) is 12.6. The molecule has 7 heteroatoms. The van der Waals surface area contributed by atoms with Gasteiger partial charge in [0.1, 0.15) is 43.5 Å². The molecule has 7 rings (SSSR count). The molecule has 3 unspecified atom stereocenters. The first-order chi connectivity index (χ1) is 22.2. The van der Waals surface area contributed by atoms with E-state index in [1.165, 1.54) is 16.7 Å². The van der Waals surface area contributed by atoms with Gasteiger partial charge in [-0.15, -0.1) is 0 Å². The zero-order valence-electron chi connectivity index (χ0n) is 26.8. The average Bonchev–Trinajstić information content (AvgIpc) is 3.08. The van der Waals surface area contributed by atoms with E-state index >= 15 is 0 Å². The van der Waals surface area contributed by atoms with Crippen LogP contribution in [0.25, 0.3) is 10.8 Å². The van der Waals surface area contributed by atoms with Crippen LogP contribution in [0.5, 0.6) is 11.5 Å². The lowest BCUT2D eigenvalue weighted by molar-refractivity contribution is -0.163. The fourth-order valence-electron chi connectivity index (χ4n) is 7.01. The fourth-order valence-corrected chi connectivity index (χ4v) is 7.01. The van der Waals surface area contributed by atoms with E-state index < -0.39 is 17.5 Å². The third-order valence-electron chi connectivity index (χ3n) is 9.18. The van der Waals surface area contributed by atoms with Crippen molar-refractivity contribution in [1.29, 1.82) is 0 Å². The van der Waals surface area contributed by atoms with Crippen LogP contribution in [0.4, 0.5) is 0 Å². The molecule has 0 fully saturated rings. The molecule has 238 valence electrons. The van der Waals surface area contributed by atoms with E-state index in [0.717, 1.165) is 28.0 Å². The number of carbonyl (C=O) groups excluding carboxylic acids is 2. The highest BCUT2D eigenvalue weighted by atomic mass is 16.6. The second-order valence-electron chi connectivity index (χ2n) is 12.8. The number of rotatable bonds is 11. The van der Waals surface area contributed by atoms with Gasteiger partial charge >= 0.3 is 11.9 Å². The summed E-state index contributed by atoms with van der Waals surface area (Å²) in [4.78, 5) is 25.1. The molecule has 46 heavy (non-hydrogen) atoms. The smallest absolute Gasteiger partial charge is 0.330 e. The third-order valence-corrected chi connectivity index (χ3v) is 9.18. The molecule has 0 aromatic heterocycles. The highest BCUT2D eigenvalue weighted by Crippen LogP contribution is 2.60. The Morgan fingerprint density at radius 2 is 1.41 bits per heavy atom. The minimum absolute atomic E-state index is 0.00434. The lowest BCUT2D eigenvalue weighted by Gasteiger charge is -2.52. The second-order valence-corrected chi connectivity index (χ2v) is 12.8. The predicted molar refractivity (Wildman–Crippen MR) is 176 cm³/mol. The summed E-state index contributed by atoms with van der Waals surface area (Å²) in [7, 11) is 1.69. The Morgan fingerprint density at radius 1 is 0.804 bits per heavy atom. The van der Waals surface area contributed by atoms with Gasteiger partial charge < -0.3 is 23.7 Å². The maximum Gasteiger partial charge on any atom is 0.330 e. The normalized spacial score (nSPS) is 19.6. The first kappa shape index (κ1) is 31.4. The maximum atomic E-state index is 13.8. The van der Waals surface area contributed by atoms with Crippen molar-refractivity contribution in [2.24, 2.45) is 5.92 Å². The molecule has 3 atom stereocenters. The van der Waals surface area contributed by atoms with E-state index in [-0.39, 0.29) is 43.7 Å². The van der Waals surface area contributed by atoms with E-state index in [2.05, 4.69) is 63.7 Å². The Hall–Kier alpha value is -4.62. The molecule has 0 radical (unpaired) electrons. The molecule has 4 aromatic rings. The van der Waals surface area contributed by atoms with Gasteiger partial charge in [-0.05, 0) is 51.8 Å². The van der Waals surface area contributed by atoms with Crippen LogP contribution in [0.3, 0.4) is 0 Å². The lowest BCUT2D eigenvalue weighted by Crippen LogP contribution is -2.52. The largest absolute Gasteiger partial charge is 0.489 e. The Balaban J connectivity index is 1.16. The highest BCUT2D eigenvalue weighted by Gasteiger charge is 2.58. The average molecular weight is 621 g/mol. The molecule has 3 aliphatic rings. The molecular weight excluding hydrogens is 580 g/mol. The first-order valence-corrected chi connectivity index (χ1v) is 15.7. The monoisotopic (exact) mass is 620 g/mol. The summed E-state index contributed by atoms with van der Waals surface area (Å²) in [6, 6.07) is 26.3. The Morgan fingerprint density at radius 3 is 2.04 bits per heavy atom. The van der Waals surface area contributed by atoms with Gasteiger partial charge in [-0.2, -0.15) is 0 Å². The molecule has 0 amide bonds. The molecule has 0 N–H and O–H groups in total. The summed E-state index contributed by atoms with van der Waals surface area (Å²) >= 11 is 0. The Kier molecular flexibility index (Phi) is 8.62. The predicted octanol–water partition coefficient (Wildman–Crippen LogP) is 7.22. The van der Waals surface area contributed by atoms with Gasteiger partial charge in [-0.25, -0.2) is 4.79 Å². The quantitative estimate of drug-likeness (QED) is 0.0995. The zero-order valence-corrected chi connectivity index (χ0v) is 26.8. The first-order valence-electron chi connectivity index (χ1n) is 15.7. The zero-order chi connectivity index (χ0) is 32.5. The molecule has 0 heterocycles. The van der Waals surface area contributed by atoms with Gasteiger partial charge in [0, 0.05) is 29.9 Å². The SMILES string of the molecule is C=CC(=O)OCCOc1ccc(OCCOC(=O)C2CC3c4ccccc4C2(OC)c2ccc(C(C)(C)C)cc23)c2ccccc12. The maximum absolute atomic E-state index is 13.8. The fraction of sp³-hybridized carbons (Fsp3) is 0.333. The number of esters is 2. The van der Waals surface area contributed by atoms with E-state index in [1.54, 1.807) is 7.11 Å². The molecule has 2 bridgehead atoms. The van der Waals surface area contributed by atoms with Gasteiger partial charge in [0.2, 0.25) is 0 Å². The van der Waals surface area contributed by atoms with Gasteiger partial charge in [0.25, 0.3) is 0 Å². The van der Waals surface area contributed by atoms with Crippen molar-refractivity contribution in [2.45, 2.75) is 44.1 Å². The van der Waals surface area contributed by atoms with Gasteiger partial charge in [-0.1, -0.05) is 94.1 Å². The van der Waals surface area contributed by atoms with Crippen molar-refractivity contribution in [3.05, 3.63) is 119 Å². The van der Waals surface area contributed by atoms with E-state index in [4.69, 9.17) is 23.7 Å². The van der Waals surface area contributed by atoms with Crippen molar-refractivity contribution in [3.8, 4) is 11.5 Å². The van der Waals surface area contributed by atoms with Crippen LogP contribution < -0.4 is 9.47 Å². The van der Waals surface area contributed by atoms with E-state index in [1.807, 2.05) is 42.5 Å². The summed E-state index contributed by atoms with van der Waals surface area (Å²) in [6.45, 7) is 10.6. The molecule has 0 saturated heterocycles. The molecule has 0 spiro atoms. The van der Waals surface area contributed by atoms with Gasteiger partial charge in [0.15, 0.2) is 0 Å². The highest BCUT2D eigenvalue weighted by molar-refractivity contribution is 5.93. The number of carbonyl (C=O) groups is 2. The summed E-state index contributed by atoms with van der Waals surface area (Å²) in [5, 5.41) is 1.72. The topological polar surface area (TPSA) is 80.3 Å². The van der Waals surface area contributed by atoms with Crippen molar-refractivity contribution in [1.82, 2.24) is 0 Å². The minimum atomic E-state index is -0.926. The van der Waals surface area contributed by atoms with Gasteiger partial charge in [0.05, 0.1) is 5.92 Å². The molecule has 0 saturated carbocycles. The van der Waals surface area contributed by atoms with E-state index in [0.29, 0.717) is 17.9 Å². The van der Waals surface area contributed by atoms with Crippen LogP contribution >= 0.6 is 0 Å². The number of methoxy groups -OCH3 is 1. The molecule has 0 aliphatic heterocycles. The van der Waals surface area contributed by atoms with Crippen molar-refractivity contribution >= 4 is 22.7 Å². The summed E-state index contributed by atoms with van der Waals surface area (Å²) < 4.78 is 29.3. The number of hydrogen-bond acceptors (Lipinski definition) is 7. The Labute approximate surface area is 270 Å². The minimum Gasteiger partial charge on any atom is -0.489 e. The van der Waals surface area contributed by atoms with Crippen LogP contribution in [-0.2, 0) is 34.8 Å².